The summed E-state index contributed by atoms with van der Waals surface area (Å²) in [4.78, 5) is 12.1. The van der Waals surface area contributed by atoms with Crippen LogP contribution < -0.4 is 5.32 Å². The third-order valence-corrected chi connectivity index (χ3v) is 3.57. The molecule has 0 aromatic carbocycles. The van der Waals surface area contributed by atoms with Gasteiger partial charge in [-0.2, -0.15) is 0 Å². The number of rotatable bonds is 3. The van der Waals surface area contributed by atoms with E-state index in [1.807, 2.05) is 7.05 Å². The highest BCUT2D eigenvalue weighted by molar-refractivity contribution is 9.10. The van der Waals surface area contributed by atoms with Crippen LogP contribution in [0.25, 0.3) is 0 Å². The Labute approximate surface area is 91.0 Å². The van der Waals surface area contributed by atoms with Crippen LogP contribution in [0.5, 0.6) is 0 Å². The highest BCUT2D eigenvalue weighted by atomic mass is 79.9. The maximum Gasteiger partial charge on any atom is 0.219 e. The molecule has 2 rings (SSSR count). The lowest BCUT2D eigenvalue weighted by Crippen LogP contribution is -2.55. The summed E-state index contributed by atoms with van der Waals surface area (Å²) in [6.45, 7) is 0. The molecule has 0 aliphatic heterocycles. The first-order valence-electron chi connectivity index (χ1n) is 4.66. The van der Waals surface area contributed by atoms with E-state index >= 15 is 0 Å². The number of hydrogen-bond acceptors (Lipinski definition) is 3. The minimum absolute atomic E-state index is 0.0584. The average Bonchev–Trinajstić information content (AvgIpc) is 2.50. The summed E-state index contributed by atoms with van der Waals surface area (Å²) in [6, 6.07) is 1.75. The molecule has 0 saturated heterocycles. The number of ketones is 1. The summed E-state index contributed by atoms with van der Waals surface area (Å²) in [5.41, 5.74) is -0.375. The Morgan fingerprint density at radius 2 is 2.36 bits per heavy atom. The molecule has 1 saturated carbocycles. The van der Waals surface area contributed by atoms with Gasteiger partial charge in [-0.3, -0.25) is 4.79 Å². The van der Waals surface area contributed by atoms with Crippen LogP contribution in [-0.4, -0.2) is 18.4 Å². The lowest BCUT2D eigenvalue weighted by Gasteiger charge is -2.39. The van der Waals surface area contributed by atoms with Gasteiger partial charge in [0, 0.05) is 0 Å². The van der Waals surface area contributed by atoms with Gasteiger partial charge in [0.15, 0.2) is 5.76 Å². The van der Waals surface area contributed by atoms with Crippen molar-refractivity contribution in [3.63, 3.8) is 0 Å². The number of hydrogen-bond donors (Lipinski definition) is 1. The molecule has 1 heterocycles. The fourth-order valence-electron chi connectivity index (χ4n) is 1.79. The molecule has 76 valence electrons. The predicted molar refractivity (Wildman–Crippen MR) is 56.4 cm³/mol. The van der Waals surface area contributed by atoms with Crippen molar-refractivity contribution in [3.8, 4) is 0 Å². The molecule has 1 aliphatic rings. The van der Waals surface area contributed by atoms with E-state index in [1.54, 1.807) is 6.07 Å². The zero-order valence-electron chi connectivity index (χ0n) is 7.97. The van der Waals surface area contributed by atoms with Crippen LogP contribution in [0.15, 0.2) is 21.2 Å². The van der Waals surface area contributed by atoms with Crippen LogP contribution in [0.1, 0.15) is 29.8 Å². The number of furan rings is 1. The van der Waals surface area contributed by atoms with E-state index in [2.05, 4.69) is 21.2 Å². The summed E-state index contributed by atoms with van der Waals surface area (Å²) < 4.78 is 5.91. The van der Waals surface area contributed by atoms with E-state index in [0.717, 1.165) is 23.7 Å². The number of likely N-dealkylation sites (N-methyl/N-ethyl adjacent to an activating group) is 1. The number of halogens is 1. The molecule has 0 spiro atoms. The Morgan fingerprint density at radius 3 is 2.71 bits per heavy atom. The van der Waals surface area contributed by atoms with E-state index in [9.17, 15) is 4.79 Å². The SMILES string of the molecule is CNC1(C(=O)c2occc2Br)CCC1. The van der Waals surface area contributed by atoms with Crippen molar-refractivity contribution in [1.82, 2.24) is 5.32 Å². The average molecular weight is 258 g/mol. The zero-order chi connectivity index (χ0) is 10.2. The van der Waals surface area contributed by atoms with E-state index < -0.39 is 0 Å². The van der Waals surface area contributed by atoms with Crippen molar-refractivity contribution in [3.05, 3.63) is 22.6 Å². The molecule has 1 fully saturated rings. The topological polar surface area (TPSA) is 42.2 Å². The standard InChI is InChI=1S/C10H12BrNO2/c1-12-10(4-2-5-10)9(13)8-7(11)3-6-14-8/h3,6,12H,2,4-5H2,1H3. The van der Waals surface area contributed by atoms with Crippen molar-refractivity contribution in [2.75, 3.05) is 7.05 Å². The van der Waals surface area contributed by atoms with Crippen LogP contribution in [-0.2, 0) is 0 Å². The largest absolute Gasteiger partial charge is 0.460 e. The summed E-state index contributed by atoms with van der Waals surface area (Å²) in [5, 5.41) is 3.10. The molecule has 0 bridgehead atoms. The van der Waals surface area contributed by atoms with Gasteiger partial charge in [-0.15, -0.1) is 0 Å². The van der Waals surface area contributed by atoms with Gasteiger partial charge in [0.1, 0.15) is 0 Å². The van der Waals surface area contributed by atoms with Crippen molar-refractivity contribution in [2.24, 2.45) is 0 Å². The lowest BCUT2D eigenvalue weighted by molar-refractivity contribution is 0.0714. The van der Waals surface area contributed by atoms with Crippen molar-refractivity contribution >= 4 is 21.7 Å². The second-order valence-electron chi connectivity index (χ2n) is 3.61. The van der Waals surface area contributed by atoms with Gasteiger partial charge in [-0.05, 0) is 48.3 Å². The molecule has 1 N–H and O–H groups in total. The van der Waals surface area contributed by atoms with Crippen LogP contribution in [0.4, 0.5) is 0 Å². The van der Waals surface area contributed by atoms with Gasteiger partial charge in [-0.1, -0.05) is 0 Å². The van der Waals surface area contributed by atoms with Gasteiger partial charge in [0.05, 0.1) is 16.3 Å². The molecule has 0 atom stereocenters. The molecule has 0 amide bonds. The normalized spacial score (nSPS) is 19.0. The minimum atomic E-state index is -0.375. The van der Waals surface area contributed by atoms with Crippen LogP contribution in [0.3, 0.4) is 0 Å². The molecule has 1 aromatic rings. The quantitative estimate of drug-likeness (QED) is 0.846. The van der Waals surface area contributed by atoms with Gasteiger partial charge in [0.2, 0.25) is 5.78 Å². The molecular formula is C10H12BrNO2. The smallest absolute Gasteiger partial charge is 0.219 e. The van der Waals surface area contributed by atoms with Gasteiger partial charge >= 0.3 is 0 Å². The molecule has 4 heteroatoms. The number of carbonyl (C=O) groups is 1. The van der Waals surface area contributed by atoms with Crippen LogP contribution >= 0.6 is 15.9 Å². The Balaban J connectivity index is 2.27. The zero-order valence-corrected chi connectivity index (χ0v) is 9.56. The summed E-state index contributed by atoms with van der Waals surface area (Å²) in [5.74, 6) is 0.488. The number of carbonyl (C=O) groups excluding carboxylic acids is 1. The lowest BCUT2D eigenvalue weighted by atomic mass is 9.73. The van der Waals surface area contributed by atoms with Gasteiger partial charge in [-0.25, -0.2) is 0 Å². The molecule has 0 radical (unpaired) electrons. The third-order valence-electron chi connectivity index (χ3n) is 2.94. The fraction of sp³-hybridized carbons (Fsp3) is 0.500. The van der Waals surface area contributed by atoms with Crippen LogP contribution in [0, 0.1) is 0 Å². The molecule has 1 aromatic heterocycles. The molecule has 0 unspecified atom stereocenters. The summed E-state index contributed by atoms with van der Waals surface area (Å²) >= 11 is 3.30. The Bertz CT molecular complexity index is 349. The first-order chi connectivity index (χ1) is 6.69. The second-order valence-corrected chi connectivity index (χ2v) is 4.47. The van der Waals surface area contributed by atoms with Gasteiger partial charge in [0.25, 0.3) is 0 Å². The van der Waals surface area contributed by atoms with Crippen LogP contribution in [0.2, 0.25) is 0 Å². The molecule has 14 heavy (non-hydrogen) atoms. The molecular weight excluding hydrogens is 246 g/mol. The molecule has 1 aliphatic carbocycles. The maximum absolute atomic E-state index is 12.1. The first kappa shape index (κ1) is 9.93. The predicted octanol–water partition coefficient (Wildman–Crippen LogP) is 2.37. The first-order valence-corrected chi connectivity index (χ1v) is 5.46. The van der Waals surface area contributed by atoms with E-state index in [-0.39, 0.29) is 11.3 Å². The fourth-order valence-corrected chi connectivity index (χ4v) is 2.18. The van der Waals surface area contributed by atoms with E-state index in [0.29, 0.717) is 5.76 Å². The number of Topliss-reactive ketones (excluding diaryl/α,β-unsaturated/α-hetero) is 1. The number of nitrogens with one attached hydrogen (secondary N) is 1. The maximum atomic E-state index is 12.1. The van der Waals surface area contributed by atoms with E-state index in [4.69, 9.17) is 4.42 Å². The molecule has 3 nitrogen and oxygen atoms in total. The Hall–Kier alpha value is -0.610. The Morgan fingerprint density at radius 1 is 1.64 bits per heavy atom. The summed E-state index contributed by atoms with van der Waals surface area (Å²) in [6.07, 6.45) is 4.43. The van der Waals surface area contributed by atoms with Crippen molar-refractivity contribution < 1.29 is 9.21 Å². The third kappa shape index (κ3) is 1.33. The van der Waals surface area contributed by atoms with Crippen molar-refractivity contribution in [1.29, 1.82) is 0 Å². The van der Waals surface area contributed by atoms with Crippen molar-refractivity contribution in [2.45, 2.75) is 24.8 Å². The van der Waals surface area contributed by atoms with Gasteiger partial charge < -0.3 is 9.73 Å². The Kier molecular flexibility index (Phi) is 2.49. The monoisotopic (exact) mass is 257 g/mol. The highest BCUT2D eigenvalue weighted by Gasteiger charge is 2.44. The second kappa shape index (κ2) is 3.51. The highest BCUT2D eigenvalue weighted by Crippen LogP contribution is 2.36. The minimum Gasteiger partial charge on any atom is -0.460 e. The summed E-state index contributed by atoms with van der Waals surface area (Å²) in [7, 11) is 1.83. The van der Waals surface area contributed by atoms with E-state index in [1.165, 1.54) is 6.26 Å².